The van der Waals surface area contributed by atoms with Gasteiger partial charge in [-0.2, -0.15) is 0 Å². The van der Waals surface area contributed by atoms with Gasteiger partial charge in [-0.3, -0.25) is 9.10 Å². The first kappa shape index (κ1) is 15.1. The number of hydrogen-bond donors (Lipinski definition) is 0. The van der Waals surface area contributed by atoms with Gasteiger partial charge < -0.3 is 14.4 Å². The van der Waals surface area contributed by atoms with Crippen molar-refractivity contribution in [3.8, 4) is 5.75 Å². The van der Waals surface area contributed by atoms with E-state index in [9.17, 15) is 13.2 Å². The molecule has 0 aromatic heterocycles. The van der Waals surface area contributed by atoms with Crippen molar-refractivity contribution in [3.63, 3.8) is 0 Å². The number of carbonyl (C=O) groups excluding carboxylic acids is 1. The molecule has 1 aromatic carbocycles. The van der Waals surface area contributed by atoms with Crippen molar-refractivity contribution >= 4 is 21.6 Å². The zero-order valence-corrected chi connectivity index (χ0v) is 13.1. The van der Waals surface area contributed by atoms with E-state index in [2.05, 4.69) is 0 Å². The lowest BCUT2D eigenvalue weighted by Crippen LogP contribution is -2.53. The second-order valence-electron chi connectivity index (χ2n) is 5.31. The van der Waals surface area contributed by atoms with Gasteiger partial charge in [0.15, 0.2) is 6.10 Å². The highest BCUT2D eigenvalue weighted by Crippen LogP contribution is 2.34. The Labute approximate surface area is 129 Å². The molecule has 2 aliphatic rings. The Balaban J connectivity index is 1.88. The number of hydrogen-bond acceptors (Lipinski definition) is 5. The summed E-state index contributed by atoms with van der Waals surface area (Å²) in [6.07, 6.45) is 0.300. The average Bonchev–Trinajstić information content (AvgIpc) is 2.53. The van der Waals surface area contributed by atoms with Crippen molar-refractivity contribution in [3.05, 3.63) is 24.3 Å². The summed E-state index contributed by atoms with van der Waals surface area (Å²) in [5.74, 6) is 0.206. The lowest BCUT2D eigenvalue weighted by atomic mass is 10.2. The lowest BCUT2D eigenvalue weighted by Gasteiger charge is -2.37. The first-order valence-corrected chi connectivity index (χ1v) is 8.91. The fourth-order valence-electron chi connectivity index (χ4n) is 2.63. The van der Waals surface area contributed by atoms with Gasteiger partial charge in [-0.15, -0.1) is 0 Å². The summed E-state index contributed by atoms with van der Waals surface area (Å²) in [6.45, 7) is 1.97. The fourth-order valence-corrected chi connectivity index (χ4v) is 3.55. The van der Waals surface area contributed by atoms with E-state index in [1.165, 1.54) is 4.31 Å². The molecule has 1 unspecified atom stereocenters. The summed E-state index contributed by atoms with van der Waals surface area (Å²) < 4.78 is 36.2. The van der Waals surface area contributed by atoms with Crippen LogP contribution in [0.1, 0.15) is 0 Å². The molecule has 0 saturated carbocycles. The van der Waals surface area contributed by atoms with Crippen molar-refractivity contribution in [1.82, 2.24) is 4.90 Å². The second-order valence-corrected chi connectivity index (χ2v) is 7.21. The van der Waals surface area contributed by atoms with Crippen LogP contribution in [0.15, 0.2) is 24.3 Å². The highest BCUT2D eigenvalue weighted by atomic mass is 32.2. The Morgan fingerprint density at radius 2 is 1.91 bits per heavy atom. The van der Waals surface area contributed by atoms with Crippen LogP contribution in [-0.4, -0.2) is 64.4 Å². The third-order valence-electron chi connectivity index (χ3n) is 3.73. The monoisotopic (exact) mass is 326 g/mol. The van der Waals surface area contributed by atoms with Crippen molar-refractivity contribution < 1.29 is 22.7 Å². The number of carbonyl (C=O) groups is 1. The lowest BCUT2D eigenvalue weighted by molar-refractivity contribution is -0.142. The van der Waals surface area contributed by atoms with E-state index in [1.54, 1.807) is 29.2 Å². The molecule has 0 radical (unpaired) electrons. The zero-order chi connectivity index (χ0) is 15.7. The van der Waals surface area contributed by atoms with Crippen LogP contribution in [0.4, 0.5) is 5.69 Å². The van der Waals surface area contributed by atoms with E-state index < -0.39 is 16.1 Å². The van der Waals surface area contributed by atoms with Crippen molar-refractivity contribution in [2.45, 2.75) is 6.10 Å². The number of amides is 1. The van der Waals surface area contributed by atoms with Gasteiger partial charge in [0.1, 0.15) is 5.75 Å². The molecule has 7 nitrogen and oxygen atoms in total. The Bertz CT molecular complexity index is 670. The summed E-state index contributed by atoms with van der Waals surface area (Å²) in [5, 5.41) is 0. The molecule has 2 aliphatic heterocycles. The van der Waals surface area contributed by atoms with Gasteiger partial charge in [-0.25, -0.2) is 8.42 Å². The average molecular weight is 326 g/mol. The third kappa shape index (κ3) is 2.89. The predicted molar refractivity (Wildman–Crippen MR) is 80.4 cm³/mol. The van der Waals surface area contributed by atoms with E-state index in [-0.39, 0.29) is 12.5 Å². The first-order valence-electron chi connectivity index (χ1n) is 7.07. The number of para-hydroxylation sites is 2. The quantitative estimate of drug-likeness (QED) is 0.769. The minimum atomic E-state index is -3.48. The largest absolute Gasteiger partial charge is 0.476 e. The van der Waals surface area contributed by atoms with Crippen LogP contribution in [0, 0.1) is 0 Å². The van der Waals surface area contributed by atoms with Crippen LogP contribution in [0.2, 0.25) is 0 Å². The van der Waals surface area contributed by atoms with Crippen molar-refractivity contribution in [1.29, 1.82) is 0 Å². The molecule has 120 valence electrons. The molecular weight excluding hydrogens is 308 g/mol. The number of anilines is 1. The Morgan fingerprint density at radius 1 is 1.23 bits per heavy atom. The fraction of sp³-hybridized carbons (Fsp3) is 0.500. The van der Waals surface area contributed by atoms with E-state index >= 15 is 0 Å². The normalized spacial score (nSPS) is 22.0. The summed E-state index contributed by atoms with van der Waals surface area (Å²) in [4.78, 5) is 14.2. The SMILES string of the molecule is CS(=O)(=O)N1CC(C(=O)N2CCOCC2)Oc2ccccc21. The smallest absolute Gasteiger partial charge is 0.265 e. The molecule has 1 fully saturated rings. The van der Waals surface area contributed by atoms with Crippen LogP contribution < -0.4 is 9.04 Å². The summed E-state index contributed by atoms with van der Waals surface area (Å²) in [6, 6.07) is 6.84. The molecular formula is C14H18N2O5S. The van der Waals surface area contributed by atoms with Gasteiger partial charge in [-0.05, 0) is 12.1 Å². The zero-order valence-electron chi connectivity index (χ0n) is 12.3. The number of rotatable bonds is 2. The maximum absolute atomic E-state index is 12.6. The summed E-state index contributed by atoms with van der Waals surface area (Å²) >= 11 is 0. The van der Waals surface area contributed by atoms with Crippen LogP contribution in [-0.2, 0) is 19.6 Å². The minimum Gasteiger partial charge on any atom is -0.476 e. The van der Waals surface area contributed by atoms with E-state index in [0.717, 1.165) is 6.26 Å². The Morgan fingerprint density at radius 3 is 2.59 bits per heavy atom. The molecule has 1 saturated heterocycles. The number of fused-ring (bicyclic) bond motifs is 1. The number of sulfonamides is 1. The molecule has 0 bridgehead atoms. The van der Waals surface area contributed by atoms with E-state index in [1.807, 2.05) is 0 Å². The predicted octanol–water partition coefficient (Wildman–Crippen LogP) is 0.0724. The molecule has 3 rings (SSSR count). The number of ether oxygens (including phenoxy) is 2. The molecule has 0 N–H and O–H groups in total. The van der Waals surface area contributed by atoms with Crippen LogP contribution in [0.5, 0.6) is 5.75 Å². The van der Waals surface area contributed by atoms with E-state index in [0.29, 0.717) is 37.7 Å². The van der Waals surface area contributed by atoms with Gasteiger partial charge in [0.05, 0.1) is 31.7 Å². The molecule has 1 atom stereocenters. The van der Waals surface area contributed by atoms with Gasteiger partial charge in [0.25, 0.3) is 5.91 Å². The molecule has 2 heterocycles. The first-order chi connectivity index (χ1) is 10.5. The Kier molecular flexibility index (Phi) is 3.96. The second kappa shape index (κ2) is 5.77. The van der Waals surface area contributed by atoms with Crippen LogP contribution in [0.25, 0.3) is 0 Å². The van der Waals surface area contributed by atoms with Crippen molar-refractivity contribution in [2.75, 3.05) is 43.4 Å². The van der Waals surface area contributed by atoms with Gasteiger partial charge in [0, 0.05) is 13.1 Å². The van der Waals surface area contributed by atoms with Crippen LogP contribution in [0.3, 0.4) is 0 Å². The molecule has 1 aromatic rings. The van der Waals surface area contributed by atoms with Gasteiger partial charge in [0.2, 0.25) is 10.0 Å². The minimum absolute atomic E-state index is 0.00790. The standard InChI is InChI=1S/C14H18N2O5S/c1-22(18,19)16-10-13(14(17)15-6-8-20-9-7-15)21-12-5-3-2-4-11(12)16/h2-5,13H,6-10H2,1H3. The molecule has 8 heteroatoms. The Hall–Kier alpha value is -1.80. The van der Waals surface area contributed by atoms with Gasteiger partial charge >= 0.3 is 0 Å². The maximum atomic E-state index is 12.6. The summed E-state index contributed by atoms with van der Waals surface area (Å²) in [5.41, 5.74) is 0.469. The maximum Gasteiger partial charge on any atom is 0.265 e. The molecule has 1 amide bonds. The van der Waals surface area contributed by atoms with Crippen LogP contribution >= 0.6 is 0 Å². The highest BCUT2D eigenvalue weighted by Gasteiger charge is 2.37. The highest BCUT2D eigenvalue weighted by molar-refractivity contribution is 7.92. The molecule has 22 heavy (non-hydrogen) atoms. The van der Waals surface area contributed by atoms with Crippen molar-refractivity contribution in [2.24, 2.45) is 0 Å². The number of nitrogens with zero attached hydrogens (tertiary/aromatic N) is 2. The van der Waals surface area contributed by atoms with E-state index in [4.69, 9.17) is 9.47 Å². The summed E-state index contributed by atoms with van der Waals surface area (Å²) in [7, 11) is -3.48. The number of benzene rings is 1. The number of morpholine rings is 1. The third-order valence-corrected chi connectivity index (χ3v) is 4.88. The van der Waals surface area contributed by atoms with Gasteiger partial charge in [-0.1, -0.05) is 12.1 Å². The molecule has 0 aliphatic carbocycles. The molecule has 0 spiro atoms. The topological polar surface area (TPSA) is 76.2 Å².